The Morgan fingerprint density at radius 2 is 2.00 bits per heavy atom. The molecule has 0 saturated heterocycles. The Morgan fingerprint density at radius 3 is 2.64 bits per heavy atom. The predicted molar refractivity (Wildman–Crippen MR) is 106 cm³/mol. The van der Waals surface area contributed by atoms with E-state index in [2.05, 4.69) is 5.32 Å². The van der Waals surface area contributed by atoms with Crippen LogP contribution in [0.1, 0.15) is 40.9 Å². The van der Waals surface area contributed by atoms with E-state index in [0.29, 0.717) is 36.2 Å². The van der Waals surface area contributed by atoms with E-state index in [9.17, 15) is 17.6 Å². The van der Waals surface area contributed by atoms with Gasteiger partial charge in [-0.15, -0.1) is 0 Å². The molecular weight excluding hydrogens is 383 g/mol. The largest absolute Gasteiger partial charge is 0.494 e. The van der Waals surface area contributed by atoms with Crippen LogP contribution >= 0.6 is 0 Å². The quantitative estimate of drug-likeness (QED) is 0.828. The Labute approximate surface area is 164 Å². The molecule has 2 aromatic rings. The number of hydrogen-bond donors (Lipinski definition) is 1. The van der Waals surface area contributed by atoms with Gasteiger partial charge in [0.1, 0.15) is 0 Å². The molecule has 1 aliphatic rings. The van der Waals surface area contributed by atoms with Gasteiger partial charge in [0.25, 0.3) is 5.91 Å². The lowest BCUT2D eigenvalue weighted by molar-refractivity contribution is 0.0939. The number of methoxy groups -OCH3 is 1. The second-order valence-corrected chi connectivity index (χ2v) is 8.78. The number of aryl methyl sites for hydroxylation is 1. The number of carbonyl (C=O) groups excluding carboxylic acids is 1. The first-order valence-electron chi connectivity index (χ1n) is 8.95. The zero-order chi connectivity index (χ0) is 20.5. The first-order valence-corrected chi connectivity index (χ1v) is 10.8. The molecule has 1 heterocycles. The van der Waals surface area contributed by atoms with Gasteiger partial charge < -0.3 is 10.1 Å². The van der Waals surface area contributed by atoms with Crippen LogP contribution in [-0.4, -0.2) is 34.2 Å². The van der Waals surface area contributed by atoms with Crippen LogP contribution in [0, 0.1) is 5.82 Å². The van der Waals surface area contributed by atoms with E-state index in [-0.39, 0.29) is 11.7 Å². The number of ether oxygens (including phenoxy) is 1. The van der Waals surface area contributed by atoms with Gasteiger partial charge in [-0.1, -0.05) is 6.07 Å². The van der Waals surface area contributed by atoms with Gasteiger partial charge in [0.2, 0.25) is 10.0 Å². The summed E-state index contributed by atoms with van der Waals surface area (Å²) in [4.78, 5) is 12.6. The normalized spacial score (nSPS) is 14.9. The minimum absolute atomic E-state index is 0.146. The van der Waals surface area contributed by atoms with Crippen LogP contribution in [-0.2, 0) is 16.4 Å². The number of nitrogens with zero attached hydrogens (tertiary/aromatic N) is 1. The number of sulfonamides is 1. The number of fused-ring (bicyclic) bond motifs is 1. The Hall–Kier alpha value is -2.61. The van der Waals surface area contributed by atoms with Gasteiger partial charge in [0, 0.05) is 12.1 Å². The second kappa shape index (κ2) is 7.79. The summed E-state index contributed by atoms with van der Waals surface area (Å²) in [6, 6.07) is 9.15. The number of rotatable bonds is 5. The van der Waals surface area contributed by atoms with E-state index in [1.807, 2.05) is 0 Å². The van der Waals surface area contributed by atoms with E-state index in [0.717, 1.165) is 5.56 Å². The summed E-state index contributed by atoms with van der Waals surface area (Å²) >= 11 is 0. The first kappa shape index (κ1) is 20.1. The maximum Gasteiger partial charge on any atom is 0.251 e. The monoisotopic (exact) mass is 406 g/mol. The molecule has 0 aliphatic carbocycles. The maximum absolute atomic E-state index is 13.9. The van der Waals surface area contributed by atoms with Crippen molar-refractivity contribution < 1.29 is 22.3 Å². The number of benzene rings is 2. The lowest BCUT2D eigenvalue weighted by Gasteiger charge is -2.29. The van der Waals surface area contributed by atoms with Gasteiger partial charge in [0.15, 0.2) is 11.6 Å². The molecule has 0 radical (unpaired) electrons. The van der Waals surface area contributed by atoms with Crippen LogP contribution in [0.3, 0.4) is 0 Å². The Morgan fingerprint density at radius 1 is 1.25 bits per heavy atom. The van der Waals surface area contributed by atoms with Crippen molar-refractivity contribution in [3.05, 3.63) is 58.9 Å². The molecule has 3 rings (SSSR count). The third-order valence-corrected chi connectivity index (χ3v) is 6.02. The zero-order valence-electron chi connectivity index (χ0n) is 16.0. The van der Waals surface area contributed by atoms with Gasteiger partial charge in [0.05, 0.1) is 25.1 Å². The van der Waals surface area contributed by atoms with Crippen molar-refractivity contribution in [3.8, 4) is 5.75 Å². The summed E-state index contributed by atoms with van der Waals surface area (Å²) in [6.45, 7) is 2.21. The van der Waals surface area contributed by atoms with Crippen LogP contribution in [0.5, 0.6) is 5.75 Å². The molecule has 0 aromatic heterocycles. The van der Waals surface area contributed by atoms with Crippen LogP contribution in [0.25, 0.3) is 0 Å². The van der Waals surface area contributed by atoms with Crippen LogP contribution in [0.4, 0.5) is 10.1 Å². The summed E-state index contributed by atoms with van der Waals surface area (Å²) in [5, 5.41) is 2.85. The molecule has 0 bridgehead atoms. The van der Waals surface area contributed by atoms with Gasteiger partial charge in [-0.2, -0.15) is 0 Å². The van der Waals surface area contributed by atoms with Crippen molar-refractivity contribution in [2.45, 2.75) is 25.8 Å². The lowest BCUT2D eigenvalue weighted by atomic mass is 10.00. The minimum atomic E-state index is -3.35. The molecule has 1 atom stereocenters. The fourth-order valence-electron chi connectivity index (χ4n) is 3.36. The van der Waals surface area contributed by atoms with E-state index in [4.69, 9.17) is 4.74 Å². The van der Waals surface area contributed by atoms with Crippen LogP contribution in [0.2, 0.25) is 0 Å². The van der Waals surface area contributed by atoms with Gasteiger partial charge in [-0.05, 0) is 61.2 Å². The zero-order valence-corrected chi connectivity index (χ0v) is 16.8. The predicted octanol–water partition coefficient (Wildman–Crippen LogP) is 3.04. The first-order chi connectivity index (χ1) is 13.2. The molecule has 1 amide bonds. The van der Waals surface area contributed by atoms with Crippen molar-refractivity contribution in [1.82, 2.24) is 5.32 Å². The molecule has 0 fully saturated rings. The van der Waals surface area contributed by atoms with Crippen molar-refractivity contribution in [1.29, 1.82) is 0 Å². The highest BCUT2D eigenvalue weighted by molar-refractivity contribution is 7.92. The molecule has 1 N–H and O–H groups in total. The minimum Gasteiger partial charge on any atom is -0.494 e. The summed E-state index contributed by atoms with van der Waals surface area (Å²) in [7, 11) is -1.96. The van der Waals surface area contributed by atoms with Crippen LogP contribution in [0.15, 0.2) is 36.4 Å². The van der Waals surface area contributed by atoms with E-state index < -0.39 is 21.9 Å². The number of anilines is 1. The standard InChI is InChI=1S/C20H23FN2O4S/c1-13(14-7-9-19(27-2)17(21)12-14)22-20(24)16-6-8-18-15(11-16)5-4-10-23(18)28(3,25)26/h6-9,11-13H,4-5,10H2,1-3H3,(H,22,24)/t13-/m1/s1. The average molecular weight is 406 g/mol. The third kappa shape index (κ3) is 4.11. The summed E-state index contributed by atoms with van der Waals surface area (Å²) in [5.41, 5.74) is 2.51. The molecule has 1 aliphatic heterocycles. The summed E-state index contributed by atoms with van der Waals surface area (Å²) in [6.07, 6.45) is 2.59. The molecule has 28 heavy (non-hydrogen) atoms. The fourth-order valence-corrected chi connectivity index (χ4v) is 4.36. The lowest BCUT2D eigenvalue weighted by Crippen LogP contribution is -2.35. The molecule has 0 spiro atoms. The number of amides is 1. The topological polar surface area (TPSA) is 75.7 Å². The molecule has 0 saturated carbocycles. The average Bonchev–Trinajstić information content (AvgIpc) is 2.66. The van der Waals surface area contributed by atoms with Gasteiger partial charge in [-0.3, -0.25) is 9.10 Å². The van der Waals surface area contributed by atoms with E-state index in [1.165, 1.54) is 29.8 Å². The second-order valence-electron chi connectivity index (χ2n) is 6.87. The van der Waals surface area contributed by atoms with Crippen molar-refractivity contribution >= 4 is 21.6 Å². The fraction of sp³-hybridized carbons (Fsp3) is 0.350. The Balaban J connectivity index is 1.79. The Bertz CT molecular complexity index is 1010. The molecule has 2 aromatic carbocycles. The SMILES string of the molecule is COc1ccc([C@@H](C)NC(=O)c2ccc3c(c2)CCCN3S(C)(=O)=O)cc1F. The van der Waals surface area contributed by atoms with Gasteiger partial charge in [-0.25, -0.2) is 12.8 Å². The van der Waals surface area contributed by atoms with Gasteiger partial charge >= 0.3 is 0 Å². The van der Waals surface area contributed by atoms with E-state index >= 15 is 0 Å². The highest BCUT2D eigenvalue weighted by atomic mass is 32.2. The summed E-state index contributed by atoms with van der Waals surface area (Å²) in [5.74, 6) is -0.647. The highest BCUT2D eigenvalue weighted by Gasteiger charge is 2.25. The van der Waals surface area contributed by atoms with Crippen LogP contribution < -0.4 is 14.4 Å². The third-order valence-electron chi connectivity index (χ3n) is 4.84. The molecule has 150 valence electrons. The highest BCUT2D eigenvalue weighted by Crippen LogP contribution is 2.30. The van der Waals surface area contributed by atoms with Crippen molar-refractivity contribution in [2.75, 3.05) is 24.2 Å². The number of halogens is 1. The van der Waals surface area contributed by atoms with Crippen molar-refractivity contribution in [2.24, 2.45) is 0 Å². The molecule has 6 nitrogen and oxygen atoms in total. The molecule has 8 heteroatoms. The van der Waals surface area contributed by atoms with Crippen molar-refractivity contribution in [3.63, 3.8) is 0 Å². The number of hydrogen-bond acceptors (Lipinski definition) is 4. The number of nitrogens with one attached hydrogen (secondary N) is 1. The molecule has 0 unspecified atom stereocenters. The number of carbonyl (C=O) groups is 1. The Kier molecular flexibility index (Phi) is 5.60. The smallest absolute Gasteiger partial charge is 0.251 e. The molecular formula is C20H23FN2O4S. The summed E-state index contributed by atoms with van der Waals surface area (Å²) < 4.78 is 44.1. The van der Waals surface area contributed by atoms with E-state index in [1.54, 1.807) is 31.2 Å². The maximum atomic E-state index is 13.9.